The minimum Gasteiger partial charge on any atom is -0.489 e. The molecule has 0 saturated heterocycles. The number of rotatable bonds is 4. The Hall–Kier alpha value is -2.23. The zero-order valence-electron chi connectivity index (χ0n) is 10.1. The smallest absolute Gasteiger partial charge is 0.377 e. The second-order valence-corrected chi connectivity index (χ2v) is 3.71. The Kier molecular flexibility index (Phi) is 4.02. The highest BCUT2D eigenvalue weighted by Gasteiger charge is 2.20. The van der Waals surface area contributed by atoms with Crippen LogP contribution in [0.3, 0.4) is 0 Å². The van der Waals surface area contributed by atoms with Crippen LogP contribution in [0.15, 0.2) is 54.2 Å². The molecule has 1 aliphatic rings. The topological polar surface area (TPSA) is 44.8 Å². The second-order valence-electron chi connectivity index (χ2n) is 3.71. The lowest BCUT2D eigenvalue weighted by Crippen LogP contribution is -2.13. The van der Waals surface area contributed by atoms with Crippen molar-refractivity contribution >= 4 is 5.97 Å². The number of hydrogen-bond donors (Lipinski definition) is 0. The van der Waals surface area contributed by atoms with Gasteiger partial charge < -0.3 is 14.2 Å². The van der Waals surface area contributed by atoms with E-state index in [4.69, 9.17) is 9.47 Å². The summed E-state index contributed by atoms with van der Waals surface area (Å²) >= 11 is 0. The number of ether oxygens (including phenoxy) is 3. The van der Waals surface area contributed by atoms with Gasteiger partial charge in [-0.3, -0.25) is 0 Å². The highest BCUT2D eigenvalue weighted by atomic mass is 16.6. The Balaban J connectivity index is 2.06. The predicted molar refractivity (Wildman–Crippen MR) is 65.1 cm³/mol. The third-order valence-corrected chi connectivity index (χ3v) is 2.47. The van der Waals surface area contributed by atoms with E-state index in [-0.39, 0.29) is 5.76 Å². The van der Waals surface area contributed by atoms with Gasteiger partial charge in [0, 0.05) is 6.42 Å². The van der Waals surface area contributed by atoms with Crippen LogP contribution in [0.25, 0.3) is 0 Å². The molecule has 0 radical (unpaired) electrons. The Morgan fingerprint density at radius 1 is 1.33 bits per heavy atom. The molecular weight excluding hydrogens is 232 g/mol. The highest BCUT2D eigenvalue weighted by Crippen LogP contribution is 2.20. The molecule has 0 spiro atoms. The van der Waals surface area contributed by atoms with Crippen LogP contribution in [0.5, 0.6) is 0 Å². The molecule has 4 heteroatoms. The molecule has 94 valence electrons. The Labute approximate surface area is 105 Å². The summed E-state index contributed by atoms with van der Waals surface area (Å²) in [5.41, 5.74) is 1.03. The maximum atomic E-state index is 11.5. The van der Waals surface area contributed by atoms with Crippen molar-refractivity contribution in [2.45, 2.75) is 13.0 Å². The van der Waals surface area contributed by atoms with Gasteiger partial charge in [-0.1, -0.05) is 30.3 Å². The molecule has 1 aromatic carbocycles. The number of hydrogen-bond acceptors (Lipinski definition) is 4. The maximum Gasteiger partial charge on any atom is 0.377 e. The summed E-state index contributed by atoms with van der Waals surface area (Å²) < 4.78 is 15.4. The largest absolute Gasteiger partial charge is 0.489 e. The fourth-order valence-electron chi connectivity index (χ4n) is 1.55. The van der Waals surface area contributed by atoms with Crippen molar-refractivity contribution in [1.29, 1.82) is 0 Å². The fourth-order valence-corrected chi connectivity index (χ4v) is 1.55. The number of benzene rings is 1. The summed E-state index contributed by atoms with van der Waals surface area (Å²) in [5, 5.41) is 0. The summed E-state index contributed by atoms with van der Waals surface area (Å²) in [7, 11) is 1.31. The molecule has 4 nitrogen and oxygen atoms in total. The lowest BCUT2D eigenvalue weighted by molar-refractivity contribution is -0.139. The Bertz CT molecular complexity index is 474. The molecule has 1 heterocycles. The summed E-state index contributed by atoms with van der Waals surface area (Å²) in [4.78, 5) is 11.5. The highest BCUT2D eigenvalue weighted by molar-refractivity contribution is 5.87. The van der Waals surface area contributed by atoms with Crippen molar-refractivity contribution in [3.63, 3.8) is 0 Å². The van der Waals surface area contributed by atoms with Crippen LogP contribution in [-0.4, -0.2) is 13.1 Å². The first-order valence-corrected chi connectivity index (χ1v) is 5.61. The van der Waals surface area contributed by atoms with E-state index in [1.54, 1.807) is 6.08 Å². The van der Waals surface area contributed by atoms with Gasteiger partial charge in [0.15, 0.2) is 5.76 Å². The number of allylic oxidation sites excluding steroid dienone is 1. The molecule has 0 saturated carbocycles. The normalized spacial score (nSPS) is 14.1. The molecule has 0 amide bonds. The van der Waals surface area contributed by atoms with Crippen molar-refractivity contribution in [2.24, 2.45) is 0 Å². The Morgan fingerprint density at radius 2 is 2.11 bits per heavy atom. The molecule has 0 unspecified atom stereocenters. The van der Waals surface area contributed by atoms with Crippen molar-refractivity contribution in [3.8, 4) is 0 Å². The quantitative estimate of drug-likeness (QED) is 0.766. The fraction of sp³-hybridized carbons (Fsp3) is 0.214. The van der Waals surface area contributed by atoms with E-state index < -0.39 is 5.97 Å². The first-order valence-electron chi connectivity index (χ1n) is 5.61. The molecule has 2 rings (SSSR count). The zero-order chi connectivity index (χ0) is 12.8. The standard InChI is InChI=1S/C14H14O4/c1-16-14(15)13-12(8-5-9-17-13)18-10-11-6-3-2-4-7-11/h2-7,9H,8,10H2,1H3. The molecule has 0 fully saturated rings. The van der Waals surface area contributed by atoms with Gasteiger partial charge in [0.1, 0.15) is 6.61 Å². The van der Waals surface area contributed by atoms with Crippen molar-refractivity contribution in [2.75, 3.05) is 7.11 Å². The van der Waals surface area contributed by atoms with Gasteiger partial charge in [-0.05, 0) is 11.6 Å². The van der Waals surface area contributed by atoms with Crippen LogP contribution in [0, 0.1) is 0 Å². The molecule has 0 aromatic heterocycles. The van der Waals surface area contributed by atoms with Crippen LogP contribution < -0.4 is 0 Å². The van der Waals surface area contributed by atoms with Gasteiger partial charge in [0.05, 0.1) is 13.4 Å². The minimum atomic E-state index is -0.526. The van der Waals surface area contributed by atoms with E-state index >= 15 is 0 Å². The maximum absolute atomic E-state index is 11.5. The predicted octanol–water partition coefficient (Wildman–Crippen LogP) is 2.52. The molecule has 0 N–H and O–H groups in total. The Morgan fingerprint density at radius 3 is 2.83 bits per heavy atom. The van der Waals surface area contributed by atoms with E-state index in [0.717, 1.165) is 5.56 Å². The van der Waals surface area contributed by atoms with Crippen molar-refractivity contribution in [3.05, 3.63) is 59.8 Å². The lowest BCUT2D eigenvalue weighted by atomic mass is 10.2. The van der Waals surface area contributed by atoms with Crippen molar-refractivity contribution < 1.29 is 19.0 Å². The molecule has 1 aliphatic heterocycles. The molecular formula is C14H14O4. The summed E-state index contributed by atoms with van der Waals surface area (Å²) in [6.45, 7) is 0.397. The molecule has 0 aliphatic carbocycles. The summed E-state index contributed by atoms with van der Waals surface area (Å²) in [6, 6.07) is 9.72. The van der Waals surface area contributed by atoms with Gasteiger partial charge in [0.25, 0.3) is 0 Å². The summed E-state index contributed by atoms with van der Waals surface area (Å²) in [5.74, 6) is 0.0894. The van der Waals surface area contributed by atoms with Crippen LogP contribution in [-0.2, 0) is 25.6 Å². The SMILES string of the molecule is COC(=O)C1=C(OCc2ccccc2)CC=CO1. The van der Waals surface area contributed by atoms with E-state index in [0.29, 0.717) is 18.8 Å². The van der Waals surface area contributed by atoms with E-state index in [9.17, 15) is 4.79 Å². The van der Waals surface area contributed by atoms with Crippen LogP contribution in [0.4, 0.5) is 0 Å². The second kappa shape index (κ2) is 5.91. The molecule has 0 bridgehead atoms. The van der Waals surface area contributed by atoms with Crippen molar-refractivity contribution in [1.82, 2.24) is 0 Å². The average molecular weight is 246 g/mol. The average Bonchev–Trinajstić information content (AvgIpc) is 2.45. The first-order chi connectivity index (χ1) is 8.81. The monoisotopic (exact) mass is 246 g/mol. The zero-order valence-corrected chi connectivity index (χ0v) is 10.1. The first kappa shape index (κ1) is 12.2. The number of carbonyl (C=O) groups excluding carboxylic acids is 1. The number of carbonyl (C=O) groups is 1. The van der Waals surface area contributed by atoms with Gasteiger partial charge >= 0.3 is 5.97 Å². The van der Waals surface area contributed by atoms with E-state index in [2.05, 4.69) is 4.74 Å². The third kappa shape index (κ3) is 2.91. The van der Waals surface area contributed by atoms with Gasteiger partial charge in [-0.25, -0.2) is 4.79 Å². The third-order valence-electron chi connectivity index (χ3n) is 2.47. The van der Waals surface area contributed by atoms with E-state index in [1.807, 2.05) is 30.3 Å². The summed E-state index contributed by atoms with van der Waals surface area (Å²) in [6.07, 6.45) is 3.77. The minimum absolute atomic E-state index is 0.121. The molecule has 18 heavy (non-hydrogen) atoms. The van der Waals surface area contributed by atoms with Crippen LogP contribution in [0.2, 0.25) is 0 Å². The molecule has 0 atom stereocenters. The van der Waals surface area contributed by atoms with Crippen LogP contribution >= 0.6 is 0 Å². The number of methoxy groups -OCH3 is 1. The number of esters is 1. The molecule has 1 aromatic rings. The van der Waals surface area contributed by atoms with Gasteiger partial charge in [-0.15, -0.1) is 0 Å². The van der Waals surface area contributed by atoms with Gasteiger partial charge in [-0.2, -0.15) is 0 Å². The van der Waals surface area contributed by atoms with Gasteiger partial charge in [0.2, 0.25) is 5.76 Å². The lowest BCUT2D eigenvalue weighted by Gasteiger charge is -2.16. The van der Waals surface area contributed by atoms with E-state index in [1.165, 1.54) is 13.4 Å². The van der Waals surface area contributed by atoms with Crippen LogP contribution in [0.1, 0.15) is 12.0 Å².